The molecule has 0 fully saturated rings. The van der Waals surface area contributed by atoms with E-state index < -0.39 is 28.5 Å². The van der Waals surface area contributed by atoms with Crippen molar-refractivity contribution < 1.29 is 27.5 Å². The van der Waals surface area contributed by atoms with Crippen molar-refractivity contribution in [2.24, 2.45) is 0 Å². The quantitative estimate of drug-likeness (QED) is 0.282. The number of sulfonamides is 1. The minimum absolute atomic E-state index is 0.0543. The molecule has 2 atom stereocenters. The summed E-state index contributed by atoms with van der Waals surface area (Å²) in [5.74, 6) is -0.214. The number of benzene rings is 3. The number of methoxy groups -OCH3 is 2. The number of carbonyl (C=O) groups is 2. The zero-order chi connectivity index (χ0) is 30.9. The van der Waals surface area contributed by atoms with Gasteiger partial charge < -0.3 is 19.7 Å². The van der Waals surface area contributed by atoms with Gasteiger partial charge in [0.25, 0.3) is 0 Å². The van der Waals surface area contributed by atoms with Crippen LogP contribution in [0, 0.1) is 0 Å². The third-order valence-corrected chi connectivity index (χ3v) is 8.25. The maximum atomic E-state index is 14.2. The average Bonchev–Trinajstić information content (AvgIpc) is 2.98. The van der Waals surface area contributed by atoms with Crippen LogP contribution in [0.4, 0.5) is 5.69 Å². The highest BCUT2D eigenvalue weighted by Gasteiger charge is 2.34. The molecule has 0 saturated heterocycles. The number of hydrogen-bond donors (Lipinski definition) is 1. The highest BCUT2D eigenvalue weighted by Crippen LogP contribution is 2.34. The number of anilines is 1. The third-order valence-electron chi connectivity index (χ3n) is 6.87. The predicted octanol–water partition coefficient (Wildman–Crippen LogP) is 4.68. The van der Waals surface area contributed by atoms with Crippen LogP contribution >= 0.6 is 11.6 Å². The summed E-state index contributed by atoms with van der Waals surface area (Å²) in [5, 5.41) is 3.54. The van der Waals surface area contributed by atoms with Gasteiger partial charge in [-0.1, -0.05) is 61.0 Å². The van der Waals surface area contributed by atoms with Crippen LogP contribution in [0.25, 0.3) is 0 Å². The Balaban J connectivity index is 2.09. The molecular weight excluding hydrogens is 578 g/mol. The molecule has 9 nitrogen and oxygen atoms in total. The van der Waals surface area contributed by atoms with Gasteiger partial charge in [-0.15, -0.1) is 0 Å². The number of carbonyl (C=O) groups excluding carboxylic acids is 2. The lowest BCUT2D eigenvalue weighted by Crippen LogP contribution is -2.54. The van der Waals surface area contributed by atoms with Crippen LogP contribution < -0.4 is 19.1 Å². The molecule has 11 heteroatoms. The summed E-state index contributed by atoms with van der Waals surface area (Å²) in [6.45, 7) is 3.35. The molecule has 0 unspecified atom stereocenters. The van der Waals surface area contributed by atoms with Gasteiger partial charge in [0, 0.05) is 30.1 Å². The van der Waals surface area contributed by atoms with E-state index in [-0.39, 0.29) is 36.4 Å². The van der Waals surface area contributed by atoms with Gasteiger partial charge in [-0.3, -0.25) is 13.9 Å². The molecule has 0 aliphatic rings. The van der Waals surface area contributed by atoms with E-state index in [0.717, 1.165) is 21.7 Å². The summed E-state index contributed by atoms with van der Waals surface area (Å²) in [6, 6.07) is 19.9. The van der Waals surface area contributed by atoms with Crippen LogP contribution in [0.2, 0.25) is 5.02 Å². The second-order valence-electron chi connectivity index (χ2n) is 9.98. The highest BCUT2D eigenvalue weighted by molar-refractivity contribution is 7.92. The Kier molecular flexibility index (Phi) is 11.6. The Morgan fingerprint density at radius 3 is 2.19 bits per heavy atom. The van der Waals surface area contributed by atoms with Crippen molar-refractivity contribution in [2.45, 2.75) is 45.3 Å². The Labute approximate surface area is 253 Å². The molecular formula is C31H38ClN3O6S. The van der Waals surface area contributed by atoms with E-state index in [1.54, 1.807) is 36.4 Å². The number of hydrogen-bond acceptors (Lipinski definition) is 6. The van der Waals surface area contributed by atoms with Gasteiger partial charge in [0.2, 0.25) is 21.8 Å². The number of amides is 2. The van der Waals surface area contributed by atoms with Crippen molar-refractivity contribution in [3.05, 3.63) is 88.9 Å². The Morgan fingerprint density at radius 2 is 1.62 bits per heavy atom. The van der Waals surface area contributed by atoms with Crippen LogP contribution in [0.3, 0.4) is 0 Å². The Hall–Kier alpha value is -3.76. The maximum absolute atomic E-state index is 14.2. The summed E-state index contributed by atoms with van der Waals surface area (Å²) in [5.41, 5.74) is 1.76. The van der Waals surface area contributed by atoms with Gasteiger partial charge in [-0.05, 0) is 48.7 Å². The van der Waals surface area contributed by atoms with Gasteiger partial charge in [-0.2, -0.15) is 0 Å². The zero-order valence-corrected chi connectivity index (χ0v) is 26.1. The standard InChI is InChI=1S/C31H38ClN3O6S/c1-6-22(2)33-31(37)28(18-23-10-8-7-9-11-23)34(20-24-12-14-25(32)15-13-24)30(36)21-35(42(5,38)39)27-17-16-26(40-3)19-29(27)41-4/h7-17,19,22,28H,6,18,20-21H2,1-5H3,(H,33,37)/t22-,28-/m1/s1. The topological polar surface area (TPSA) is 105 Å². The van der Waals surface area contributed by atoms with Crippen LogP contribution in [-0.2, 0) is 32.6 Å². The molecule has 226 valence electrons. The first-order valence-electron chi connectivity index (χ1n) is 13.5. The molecule has 3 aromatic rings. The molecule has 42 heavy (non-hydrogen) atoms. The average molecular weight is 616 g/mol. The van der Waals surface area contributed by atoms with Gasteiger partial charge in [-0.25, -0.2) is 8.42 Å². The minimum Gasteiger partial charge on any atom is -0.497 e. The molecule has 3 rings (SSSR count). The fourth-order valence-electron chi connectivity index (χ4n) is 4.37. The lowest BCUT2D eigenvalue weighted by molar-refractivity contribution is -0.140. The van der Waals surface area contributed by atoms with Crippen LogP contribution in [0.5, 0.6) is 11.5 Å². The molecule has 0 heterocycles. The molecule has 0 saturated carbocycles. The van der Waals surface area contributed by atoms with Crippen molar-refractivity contribution in [1.29, 1.82) is 0 Å². The van der Waals surface area contributed by atoms with Crippen molar-refractivity contribution in [3.8, 4) is 11.5 Å². The maximum Gasteiger partial charge on any atom is 0.244 e. The fraction of sp³-hybridized carbons (Fsp3) is 0.355. The first-order chi connectivity index (χ1) is 20.0. The van der Waals surface area contributed by atoms with E-state index in [1.165, 1.54) is 25.2 Å². The van der Waals surface area contributed by atoms with E-state index in [1.807, 2.05) is 44.2 Å². The zero-order valence-electron chi connectivity index (χ0n) is 24.5. The number of rotatable bonds is 14. The molecule has 0 spiro atoms. The molecule has 3 aromatic carbocycles. The van der Waals surface area contributed by atoms with E-state index in [0.29, 0.717) is 17.2 Å². The summed E-state index contributed by atoms with van der Waals surface area (Å²) in [7, 11) is -1.07. The molecule has 0 aliphatic heterocycles. The van der Waals surface area contributed by atoms with Crippen molar-refractivity contribution in [3.63, 3.8) is 0 Å². The van der Waals surface area contributed by atoms with Crippen LogP contribution in [0.15, 0.2) is 72.8 Å². The molecule has 1 N–H and O–H groups in total. The van der Waals surface area contributed by atoms with E-state index in [2.05, 4.69) is 5.32 Å². The van der Waals surface area contributed by atoms with Gasteiger partial charge in [0.15, 0.2) is 0 Å². The van der Waals surface area contributed by atoms with Crippen LogP contribution in [0.1, 0.15) is 31.4 Å². The summed E-state index contributed by atoms with van der Waals surface area (Å²) in [6.07, 6.45) is 1.95. The van der Waals surface area contributed by atoms with Gasteiger partial charge in [0.05, 0.1) is 26.2 Å². The Morgan fingerprint density at radius 1 is 0.952 bits per heavy atom. The monoisotopic (exact) mass is 615 g/mol. The lowest BCUT2D eigenvalue weighted by atomic mass is 10.0. The fourth-order valence-corrected chi connectivity index (χ4v) is 5.35. The van der Waals surface area contributed by atoms with Crippen molar-refractivity contribution >= 4 is 39.1 Å². The normalized spacial score (nSPS) is 12.6. The first-order valence-corrected chi connectivity index (χ1v) is 15.8. The van der Waals surface area contributed by atoms with Crippen molar-refractivity contribution in [2.75, 3.05) is 31.3 Å². The molecule has 2 amide bonds. The van der Waals surface area contributed by atoms with Crippen molar-refractivity contribution in [1.82, 2.24) is 10.2 Å². The lowest BCUT2D eigenvalue weighted by Gasteiger charge is -2.34. The van der Waals surface area contributed by atoms with Gasteiger partial charge in [0.1, 0.15) is 24.1 Å². The number of nitrogens with one attached hydrogen (secondary N) is 1. The number of ether oxygens (including phenoxy) is 2. The molecule has 0 aliphatic carbocycles. The predicted molar refractivity (Wildman–Crippen MR) is 166 cm³/mol. The van der Waals surface area contributed by atoms with E-state index in [4.69, 9.17) is 21.1 Å². The number of nitrogens with zero attached hydrogens (tertiary/aromatic N) is 2. The smallest absolute Gasteiger partial charge is 0.244 e. The number of halogens is 1. The largest absolute Gasteiger partial charge is 0.497 e. The SMILES string of the molecule is CC[C@@H](C)NC(=O)[C@@H](Cc1ccccc1)N(Cc1ccc(Cl)cc1)C(=O)CN(c1ccc(OC)cc1OC)S(C)(=O)=O. The second kappa shape index (κ2) is 14.9. The third kappa shape index (κ3) is 8.87. The highest BCUT2D eigenvalue weighted by atomic mass is 35.5. The Bertz CT molecular complexity index is 1450. The van der Waals surface area contributed by atoms with E-state index >= 15 is 0 Å². The minimum atomic E-state index is -3.96. The summed E-state index contributed by atoms with van der Waals surface area (Å²) >= 11 is 6.10. The molecule has 0 aromatic heterocycles. The molecule has 0 radical (unpaired) electrons. The molecule has 0 bridgehead atoms. The van der Waals surface area contributed by atoms with E-state index in [9.17, 15) is 18.0 Å². The summed E-state index contributed by atoms with van der Waals surface area (Å²) < 4.78 is 37.8. The van der Waals surface area contributed by atoms with Crippen LogP contribution in [-0.4, -0.2) is 64.2 Å². The first kappa shape index (κ1) is 32.8. The second-order valence-corrected chi connectivity index (χ2v) is 12.3. The van der Waals surface area contributed by atoms with Gasteiger partial charge >= 0.3 is 0 Å². The summed E-state index contributed by atoms with van der Waals surface area (Å²) in [4.78, 5) is 29.4.